The van der Waals surface area contributed by atoms with Crippen LogP contribution in [-0.4, -0.2) is 41.5 Å². The molecule has 6 nitrogen and oxygen atoms in total. The number of hydrogen-bond donors (Lipinski definition) is 2. The second kappa shape index (κ2) is 12.6. The molecule has 0 spiro atoms. The first kappa shape index (κ1) is 23.3. The first-order valence-corrected chi connectivity index (χ1v) is 9.29. The first-order chi connectivity index (χ1) is 12.6. The number of aromatic nitrogens is 2. The number of aliphatic imine (C=N–C) groups is 1. The lowest BCUT2D eigenvalue weighted by Crippen LogP contribution is -2.42. The summed E-state index contributed by atoms with van der Waals surface area (Å²) in [4.78, 5) is 4.68. The zero-order chi connectivity index (χ0) is 18.8. The summed E-state index contributed by atoms with van der Waals surface area (Å²) >= 11 is 0. The average Bonchev–Trinajstić information content (AvgIpc) is 3.10. The van der Waals surface area contributed by atoms with Crippen molar-refractivity contribution in [3.8, 4) is 5.75 Å². The maximum atomic E-state index is 5.96. The van der Waals surface area contributed by atoms with Crippen molar-refractivity contribution in [1.29, 1.82) is 0 Å². The Labute approximate surface area is 179 Å². The van der Waals surface area contributed by atoms with Gasteiger partial charge in [0.15, 0.2) is 5.96 Å². The van der Waals surface area contributed by atoms with E-state index in [1.807, 2.05) is 35.1 Å². The lowest BCUT2D eigenvalue weighted by molar-refractivity contribution is 0.223. The Morgan fingerprint density at radius 3 is 2.74 bits per heavy atom. The van der Waals surface area contributed by atoms with Crippen LogP contribution in [0.25, 0.3) is 0 Å². The number of aryl methyl sites for hydroxylation is 1. The molecule has 0 radical (unpaired) electrons. The van der Waals surface area contributed by atoms with Crippen LogP contribution in [0.5, 0.6) is 5.75 Å². The van der Waals surface area contributed by atoms with E-state index in [2.05, 4.69) is 54.5 Å². The van der Waals surface area contributed by atoms with E-state index in [0.717, 1.165) is 31.3 Å². The van der Waals surface area contributed by atoms with Crippen molar-refractivity contribution >= 4 is 29.9 Å². The largest absolute Gasteiger partial charge is 0.489 e. The molecule has 1 heterocycles. The quantitative estimate of drug-likeness (QED) is 0.325. The highest BCUT2D eigenvalue weighted by Crippen LogP contribution is 2.13. The molecule has 0 fully saturated rings. The molecular formula is C20H32IN5O. The van der Waals surface area contributed by atoms with Crippen LogP contribution in [-0.2, 0) is 6.54 Å². The molecular weight excluding hydrogens is 453 g/mol. The van der Waals surface area contributed by atoms with E-state index in [4.69, 9.17) is 4.74 Å². The molecule has 150 valence electrons. The van der Waals surface area contributed by atoms with Gasteiger partial charge in [0.05, 0.1) is 6.54 Å². The molecule has 0 aliphatic heterocycles. The minimum atomic E-state index is 0. The molecule has 0 aliphatic rings. The van der Waals surface area contributed by atoms with Crippen LogP contribution in [0, 0.1) is 12.8 Å². The van der Waals surface area contributed by atoms with Gasteiger partial charge in [-0.3, -0.25) is 9.67 Å². The van der Waals surface area contributed by atoms with Crippen LogP contribution in [0.15, 0.2) is 47.7 Å². The molecule has 0 saturated heterocycles. The van der Waals surface area contributed by atoms with Gasteiger partial charge in [-0.15, -0.1) is 24.0 Å². The Hall–Kier alpha value is -1.77. The van der Waals surface area contributed by atoms with Gasteiger partial charge < -0.3 is 15.4 Å². The number of nitrogens with one attached hydrogen (secondary N) is 2. The summed E-state index contributed by atoms with van der Waals surface area (Å²) in [6, 6.07) is 10.1. The van der Waals surface area contributed by atoms with E-state index in [1.54, 1.807) is 6.20 Å². The van der Waals surface area contributed by atoms with E-state index in [-0.39, 0.29) is 30.1 Å². The molecule has 2 N–H and O–H groups in total. The van der Waals surface area contributed by atoms with Crippen molar-refractivity contribution in [2.45, 2.75) is 40.3 Å². The Balaban J connectivity index is 0.00000364. The van der Waals surface area contributed by atoms with Gasteiger partial charge in [0.1, 0.15) is 11.9 Å². The normalized spacial score (nSPS) is 13.4. The van der Waals surface area contributed by atoms with Gasteiger partial charge in [0.25, 0.3) is 0 Å². The van der Waals surface area contributed by atoms with Gasteiger partial charge >= 0.3 is 0 Å². The second-order valence-corrected chi connectivity index (χ2v) is 6.68. The van der Waals surface area contributed by atoms with Crippen LogP contribution in [0.3, 0.4) is 0 Å². The van der Waals surface area contributed by atoms with Crippen molar-refractivity contribution < 1.29 is 4.74 Å². The third-order valence-electron chi connectivity index (χ3n) is 3.85. The molecule has 7 heteroatoms. The molecule has 0 aliphatic carbocycles. The first-order valence-electron chi connectivity index (χ1n) is 9.29. The zero-order valence-electron chi connectivity index (χ0n) is 16.7. The number of rotatable bonds is 9. The van der Waals surface area contributed by atoms with Crippen molar-refractivity contribution in [3.63, 3.8) is 0 Å². The molecule has 1 aromatic carbocycles. The van der Waals surface area contributed by atoms with Gasteiger partial charge in [-0.25, -0.2) is 0 Å². The van der Waals surface area contributed by atoms with Crippen LogP contribution in [0.1, 0.15) is 26.3 Å². The van der Waals surface area contributed by atoms with Gasteiger partial charge in [-0.05, 0) is 50.5 Å². The molecule has 27 heavy (non-hydrogen) atoms. The minimum absolute atomic E-state index is 0. The molecule has 2 aromatic rings. The lowest BCUT2D eigenvalue weighted by Gasteiger charge is -2.18. The third-order valence-corrected chi connectivity index (χ3v) is 3.85. The fourth-order valence-corrected chi connectivity index (χ4v) is 2.58. The Kier molecular flexibility index (Phi) is 10.8. The van der Waals surface area contributed by atoms with Crippen molar-refractivity contribution in [2.24, 2.45) is 10.9 Å². The van der Waals surface area contributed by atoms with Gasteiger partial charge in [0.2, 0.25) is 0 Å². The Morgan fingerprint density at radius 1 is 1.26 bits per heavy atom. The number of nitrogens with zero attached hydrogens (tertiary/aromatic N) is 3. The molecule has 0 amide bonds. The number of benzene rings is 1. The van der Waals surface area contributed by atoms with Crippen molar-refractivity contribution in [1.82, 2.24) is 20.4 Å². The van der Waals surface area contributed by atoms with E-state index in [1.165, 1.54) is 5.56 Å². The maximum absolute atomic E-state index is 5.96. The van der Waals surface area contributed by atoms with Crippen LogP contribution >= 0.6 is 24.0 Å². The fourth-order valence-electron chi connectivity index (χ4n) is 2.58. The number of ether oxygens (including phenoxy) is 1. The predicted octanol–water partition coefficient (Wildman–Crippen LogP) is 3.47. The SMILES string of the molecule is CCNC(=NCC(C)Cn1cccn1)NCC(C)Oc1cccc(C)c1.I. The monoisotopic (exact) mass is 485 g/mol. The Morgan fingerprint density at radius 2 is 2.07 bits per heavy atom. The molecule has 2 unspecified atom stereocenters. The van der Waals surface area contributed by atoms with E-state index < -0.39 is 0 Å². The molecule has 0 saturated carbocycles. The highest BCUT2D eigenvalue weighted by molar-refractivity contribution is 14.0. The van der Waals surface area contributed by atoms with Crippen LogP contribution < -0.4 is 15.4 Å². The number of halogens is 1. The fraction of sp³-hybridized carbons (Fsp3) is 0.500. The van der Waals surface area contributed by atoms with Gasteiger partial charge in [-0.1, -0.05) is 19.1 Å². The summed E-state index contributed by atoms with van der Waals surface area (Å²) in [5.74, 6) is 2.12. The van der Waals surface area contributed by atoms with E-state index in [0.29, 0.717) is 12.5 Å². The summed E-state index contributed by atoms with van der Waals surface area (Å²) < 4.78 is 7.91. The molecule has 0 bridgehead atoms. The molecule has 2 rings (SSSR count). The summed E-state index contributed by atoms with van der Waals surface area (Å²) in [5.41, 5.74) is 1.20. The summed E-state index contributed by atoms with van der Waals surface area (Å²) in [6.45, 7) is 11.5. The van der Waals surface area contributed by atoms with E-state index >= 15 is 0 Å². The standard InChI is InChI=1S/C20H31N5O.HI/c1-5-21-20(22-13-17(3)15-25-11-7-10-24-25)23-14-18(4)26-19-9-6-8-16(2)12-19;/h6-12,17-18H,5,13-15H2,1-4H3,(H2,21,22,23);1H. The second-order valence-electron chi connectivity index (χ2n) is 6.68. The predicted molar refractivity (Wildman–Crippen MR) is 122 cm³/mol. The van der Waals surface area contributed by atoms with Crippen LogP contribution in [0.2, 0.25) is 0 Å². The highest BCUT2D eigenvalue weighted by Gasteiger charge is 2.07. The highest BCUT2D eigenvalue weighted by atomic mass is 127. The van der Waals surface area contributed by atoms with Gasteiger partial charge in [-0.2, -0.15) is 5.10 Å². The van der Waals surface area contributed by atoms with E-state index in [9.17, 15) is 0 Å². The lowest BCUT2D eigenvalue weighted by atomic mass is 10.2. The average molecular weight is 485 g/mol. The van der Waals surface area contributed by atoms with Crippen LogP contribution in [0.4, 0.5) is 0 Å². The maximum Gasteiger partial charge on any atom is 0.191 e. The Bertz CT molecular complexity index is 675. The summed E-state index contributed by atoms with van der Waals surface area (Å²) in [6.07, 6.45) is 3.83. The molecule has 1 aromatic heterocycles. The third kappa shape index (κ3) is 9.12. The molecule has 2 atom stereocenters. The number of hydrogen-bond acceptors (Lipinski definition) is 3. The van der Waals surface area contributed by atoms with Crippen molar-refractivity contribution in [2.75, 3.05) is 19.6 Å². The van der Waals surface area contributed by atoms with Gasteiger partial charge in [0, 0.05) is 32.0 Å². The summed E-state index contributed by atoms with van der Waals surface area (Å²) in [5, 5.41) is 10.9. The van der Waals surface area contributed by atoms with Crippen molar-refractivity contribution in [3.05, 3.63) is 48.3 Å². The summed E-state index contributed by atoms with van der Waals surface area (Å²) in [7, 11) is 0. The smallest absolute Gasteiger partial charge is 0.191 e. The minimum Gasteiger partial charge on any atom is -0.489 e. The topological polar surface area (TPSA) is 63.5 Å². The number of guanidine groups is 1. The zero-order valence-corrected chi connectivity index (χ0v) is 19.0.